The van der Waals surface area contributed by atoms with Crippen molar-refractivity contribution in [1.82, 2.24) is 15.5 Å². The smallest absolute Gasteiger partial charge is 0.408 e. The Hall–Kier alpha value is -2.57. The van der Waals surface area contributed by atoms with Crippen molar-refractivity contribution in [2.75, 3.05) is 20.1 Å². The molecule has 0 aliphatic carbocycles. The Morgan fingerprint density at radius 2 is 1.76 bits per heavy atom. The molecule has 0 heterocycles. The molecule has 0 aliphatic heterocycles. The molecular formula is C22H35N3O4. The molecule has 0 aromatic heterocycles. The highest BCUT2D eigenvalue weighted by Gasteiger charge is 2.29. The Kier molecular flexibility index (Phi) is 9.14. The monoisotopic (exact) mass is 405 g/mol. The number of carbonyl (C=O) groups is 3. The fourth-order valence-corrected chi connectivity index (χ4v) is 2.70. The van der Waals surface area contributed by atoms with Gasteiger partial charge in [0.05, 0.1) is 0 Å². The SMILES string of the molecule is CCCCNC(=O)C(c1ccc(C)c(C)c1)N(C)C(=O)CNC(=O)OC(C)(C)C. The molecule has 3 amide bonds. The molecule has 1 aromatic rings. The first-order valence-electron chi connectivity index (χ1n) is 10.0. The van der Waals surface area contributed by atoms with E-state index in [4.69, 9.17) is 4.74 Å². The van der Waals surface area contributed by atoms with Crippen molar-refractivity contribution in [1.29, 1.82) is 0 Å². The van der Waals surface area contributed by atoms with Crippen molar-refractivity contribution in [3.8, 4) is 0 Å². The molecule has 0 saturated carbocycles. The fraction of sp³-hybridized carbons (Fsp3) is 0.591. The van der Waals surface area contributed by atoms with Gasteiger partial charge < -0.3 is 20.3 Å². The number of rotatable bonds is 8. The fourth-order valence-electron chi connectivity index (χ4n) is 2.70. The van der Waals surface area contributed by atoms with Crippen LogP contribution in [0.3, 0.4) is 0 Å². The molecule has 1 atom stereocenters. The van der Waals surface area contributed by atoms with E-state index in [1.807, 2.05) is 39.0 Å². The van der Waals surface area contributed by atoms with Crippen LogP contribution in [0, 0.1) is 13.8 Å². The third kappa shape index (κ3) is 8.13. The lowest BCUT2D eigenvalue weighted by atomic mass is 9.99. The molecule has 1 aromatic carbocycles. The van der Waals surface area contributed by atoms with E-state index in [0.717, 1.165) is 29.5 Å². The van der Waals surface area contributed by atoms with Crippen LogP contribution in [0.25, 0.3) is 0 Å². The minimum atomic E-state index is -0.779. The number of hydrogen-bond donors (Lipinski definition) is 2. The van der Waals surface area contributed by atoms with Gasteiger partial charge in [0.25, 0.3) is 0 Å². The summed E-state index contributed by atoms with van der Waals surface area (Å²) in [5.41, 5.74) is 2.23. The summed E-state index contributed by atoms with van der Waals surface area (Å²) >= 11 is 0. The van der Waals surface area contributed by atoms with Gasteiger partial charge in [-0.25, -0.2) is 4.79 Å². The van der Waals surface area contributed by atoms with Gasteiger partial charge in [0, 0.05) is 13.6 Å². The number of likely N-dealkylation sites (N-methyl/N-ethyl adjacent to an activating group) is 1. The predicted octanol–water partition coefficient (Wildman–Crippen LogP) is 3.24. The Morgan fingerprint density at radius 3 is 2.31 bits per heavy atom. The molecule has 7 heteroatoms. The van der Waals surface area contributed by atoms with E-state index in [9.17, 15) is 14.4 Å². The van der Waals surface area contributed by atoms with Crippen molar-refractivity contribution in [3.63, 3.8) is 0 Å². The first-order valence-corrected chi connectivity index (χ1v) is 10.0. The first kappa shape index (κ1) is 24.5. The number of unbranched alkanes of at least 4 members (excludes halogenated alkanes) is 1. The molecule has 29 heavy (non-hydrogen) atoms. The molecule has 0 radical (unpaired) electrons. The molecule has 1 rings (SSSR count). The van der Waals surface area contributed by atoms with E-state index >= 15 is 0 Å². The Bertz CT molecular complexity index is 725. The quantitative estimate of drug-likeness (QED) is 0.650. The van der Waals surface area contributed by atoms with Gasteiger partial charge in [0.2, 0.25) is 11.8 Å². The van der Waals surface area contributed by atoms with E-state index in [1.165, 1.54) is 4.90 Å². The molecule has 1 unspecified atom stereocenters. The van der Waals surface area contributed by atoms with Crippen molar-refractivity contribution in [3.05, 3.63) is 34.9 Å². The summed E-state index contributed by atoms with van der Waals surface area (Å²) in [5, 5.41) is 5.36. The number of carbonyl (C=O) groups excluding carboxylic acids is 3. The second-order valence-corrected chi connectivity index (χ2v) is 8.25. The van der Waals surface area contributed by atoms with E-state index in [0.29, 0.717) is 6.54 Å². The summed E-state index contributed by atoms with van der Waals surface area (Å²) in [6.45, 7) is 11.5. The van der Waals surface area contributed by atoms with Crippen molar-refractivity contribution in [2.24, 2.45) is 0 Å². The number of aryl methyl sites for hydroxylation is 2. The number of alkyl carbamates (subject to hydrolysis) is 1. The summed E-state index contributed by atoms with van der Waals surface area (Å²) in [7, 11) is 1.57. The number of ether oxygens (including phenoxy) is 1. The molecule has 0 bridgehead atoms. The standard InChI is InChI=1S/C22H35N3O4/c1-8-9-12-23-20(27)19(17-11-10-15(2)16(3)13-17)25(7)18(26)14-24-21(28)29-22(4,5)6/h10-11,13,19H,8-9,12,14H2,1-7H3,(H,23,27)(H,24,28). The maximum atomic E-state index is 12.9. The van der Waals surface area contributed by atoms with Crippen LogP contribution in [-0.4, -0.2) is 48.5 Å². The average Bonchev–Trinajstić information content (AvgIpc) is 2.61. The van der Waals surface area contributed by atoms with Crippen LogP contribution in [-0.2, 0) is 14.3 Å². The number of amides is 3. The van der Waals surface area contributed by atoms with E-state index < -0.39 is 17.7 Å². The number of hydrogen-bond acceptors (Lipinski definition) is 4. The van der Waals surface area contributed by atoms with Gasteiger partial charge in [0.15, 0.2) is 0 Å². The number of benzene rings is 1. The molecule has 0 spiro atoms. The lowest BCUT2D eigenvalue weighted by Gasteiger charge is -2.28. The van der Waals surface area contributed by atoms with Gasteiger partial charge in [0.1, 0.15) is 18.2 Å². The highest BCUT2D eigenvalue weighted by Crippen LogP contribution is 2.22. The Morgan fingerprint density at radius 1 is 1.10 bits per heavy atom. The average molecular weight is 406 g/mol. The van der Waals surface area contributed by atoms with Gasteiger partial charge in [-0.1, -0.05) is 31.5 Å². The summed E-state index contributed by atoms with van der Waals surface area (Å²) in [4.78, 5) is 38.8. The maximum Gasteiger partial charge on any atom is 0.408 e. The highest BCUT2D eigenvalue weighted by molar-refractivity contribution is 5.90. The zero-order chi connectivity index (χ0) is 22.2. The summed E-state index contributed by atoms with van der Waals surface area (Å²) in [6, 6.07) is 4.94. The largest absolute Gasteiger partial charge is 0.444 e. The molecule has 0 saturated heterocycles. The zero-order valence-corrected chi connectivity index (χ0v) is 18.7. The van der Waals surface area contributed by atoms with Gasteiger partial charge in [-0.05, 0) is 57.7 Å². The van der Waals surface area contributed by atoms with E-state index in [-0.39, 0.29) is 18.4 Å². The summed E-state index contributed by atoms with van der Waals surface area (Å²) in [6.07, 6.45) is 1.15. The third-order valence-corrected chi connectivity index (χ3v) is 4.49. The van der Waals surface area contributed by atoms with Gasteiger partial charge >= 0.3 is 6.09 Å². The van der Waals surface area contributed by atoms with Crippen molar-refractivity contribution < 1.29 is 19.1 Å². The lowest BCUT2D eigenvalue weighted by molar-refractivity contribution is -0.138. The number of nitrogens with one attached hydrogen (secondary N) is 2. The van der Waals surface area contributed by atoms with Crippen LogP contribution in [0.5, 0.6) is 0 Å². The van der Waals surface area contributed by atoms with Crippen LogP contribution in [0.15, 0.2) is 18.2 Å². The van der Waals surface area contributed by atoms with Gasteiger partial charge in [-0.15, -0.1) is 0 Å². The second kappa shape index (κ2) is 10.8. The van der Waals surface area contributed by atoms with E-state index in [2.05, 4.69) is 10.6 Å². The first-order chi connectivity index (χ1) is 13.5. The molecule has 162 valence electrons. The number of nitrogens with zero attached hydrogens (tertiary/aromatic N) is 1. The molecular weight excluding hydrogens is 370 g/mol. The zero-order valence-electron chi connectivity index (χ0n) is 18.7. The van der Waals surface area contributed by atoms with Crippen molar-refractivity contribution in [2.45, 2.75) is 66.0 Å². The van der Waals surface area contributed by atoms with Gasteiger partial charge in [-0.3, -0.25) is 9.59 Å². The normalized spacial score (nSPS) is 12.1. The molecule has 7 nitrogen and oxygen atoms in total. The Labute approximate surface area is 174 Å². The highest BCUT2D eigenvalue weighted by atomic mass is 16.6. The van der Waals surface area contributed by atoms with Gasteiger partial charge in [-0.2, -0.15) is 0 Å². The third-order valence-electron chi connectivity index (χ3n) is 4.49. The summed E-state index contributed by atoms with van der Waals surface area (Å²) in [5.74, 6) is -0.625. The lowest BCUT2D eigenvalue weighted by Crippen LogP contribution is -2.46. The van der Waals surface area contributed by atoms with Crippen LogP contribution < -0.4 is 10.6 Å². The van der Waals surface area contributed by atoms with Crippen LogP contribution in [0.2, 0.25) is 0 Å². The maximum absolute atomic E-state index is 12.9. The second-order valence-electron chi connectivity index (χ2n) is 8.25. The van der Waals surface area contributed by atoms with Crippen LogP contribution >= 0.6 is 0 Å². The molecule has 2 N–H and O–H groups in total. The molecule has 0 aliphatic rings. The Balaban J connectivity index is 2.95. The minimum absolute atomic E-state index is 0.241. The van der Waals surface area contributed by atoms with Crippen LogP contribution in [0.1, 0.15) is 63.3 Å². The topological polar surface area (TPSA) is 87.7 Å². The summed E-state index contributed by atoms with van der Waals surface area (Å²) < 4.78 is 5.15. The predicted molar refractivity (Wildman–Crippen MR) is 114 cm³/mol. The minimum Gasteiger partial charge on any atom is -0.444 e. The van der Waals surface area contributed by atoms with Crippen molar-refractivity contribution >= 4 is 17.9 Å². The molecule has 0 fully saturated rings. The van der Waals surface area contributed by atoms with E-state index in [1.54, 1.807) is 27.8 Å². The van der Waals surface area contributed by atoms with Crippen LogP contribution in [0.4, 0.5) is 4.79 Å².